The maximum Gasteiger partial charge on any atom is 0.347 e. The van der Waals surface area contributed by atoms with Gasteiger partial charge in [-0.1, -0.05) is 29.8 Å². The van der Waals surface area contributed by atoms with E-state index in [9.17, 15) is 9.59 Å². The topological polar surface area (TPSA) is 77.0 Å². The Balaban J connectivity index is 1.89. The Kier molecular flexibility index (Phi) is 5.00. The Morgan fingerprint density at radius 3 is 2.72 bits per heavy atom. The summed E-state index contributed by atoms with van der Waals surface area (Å²) in [4.78, 5) is 24.0. The molecule has 0 aromatic heterocycles. The van der Waals surface area contributed by atoms with Crippen LogP contribution in [0.1, 0.15) is 22.3 Å². The minimum absolute atomic E-state index is 0.162. The average molecular weight is 359 g/mol. The predicted molar refractivity (Wildman–Crippen MR) is 92.9 cm³/mol. The van der Waals surface area contributed by atoms with Gasteiger partial charge < -0.3 is 9.47 Å². The van der Waals surface area contributed by atoms with Crippen molar-refractivity contribution in [3.8, 4) is 5.75 Å². The largest absolute Gasteiger partial charge is 0.478 e. The summed E-state index contributed by atoms with van der Waals surface area (Å²) in [5.74, 6) is -0.403. The highest BCUT2D eigenvalue weighted by Gasteiger charge is 2.31. The van der Waals surface area contributed by atoms with Gasteiger partial charge in [-0.15, -0.1) is 0 Å². The third-order valence-corrected chi connectivity index (χ3v) is 3.93. The first-order chi connectivity index (χ1) is 12.1. The average Bonchev–Trinajstić information content (AvgIpc) is 2.65. The molecule has 1 unspecified atom stereocenters. The Labute approximate surface area is 149 Å². The Morgan fingerprint density at radius 2 is 2.00 bits per heavy atom. The van der Waals surface area contributed by atoms with Crippen LogP contribution in [0.15, 0.2) is 53.6 Å². The minimum atomic E-state index is -0.828. The predicted octanol–water partition coefficient (Wildman–Crippen LogP) is 2.80. The molecular weight excluding hydrogens is 344 g/mol. The number of carbonyl (C=O) groups is 2. The van der Waals surface area contributed by atoms with E-state index in [2.05, 4.69) is 10.5 Å². The standard InChI is InChI=1S/C18H15ClN2O4/c1-24-18(23)16-10-14(13-9-12(19)7-8-15(13)25-16)20-21-17(22)11-5-3-2-4-6-11/h2-9,16H,10H2,1H3,(H,21,22)/b20-14-. The number of carbonyl (C=O) groups excluding carboxylic acids is 2. The number of nitrogens with one attached hydrogen (secondary N) is 1. The molecule has 0 saturated carbocycles. The van der Waals surface area contributed by atoms with Gasteiger partial charge in [0.15, 0.2) is 0 Å². The monoisotopic (exact) mass is 358 g/mol. The van der Waals surface area contributed by atoms with E-state index >= 15 is 0 Å². The molecule has 0 radical (unpaired) electrons. The summed E-state index contributed by atoms with van der Waals surface area (Å²) in [7, 11) is 1.29. The molecule has 7 heteroatoms. The summed E-state index contributed by atoms with van der Waals surface area (Å²) in [5, 5.41) is 4.68. The fourth-order valence-corrected chi connectivity index (χ4v) is 2.62. The van der Waals surface area contributed by atoms with Gasteiger partial charge in [0.2, 0.25) is 6.10 Å². The first-order valence-electron chi connectivity index (χ1n) is 7.55. The van der Waals surface area contributed by atoms with Gasteiger partial charge in [-0.2, -0.15) is 5.10 Å². The molecule has 1 amide bonds. The summed E-state index contributed by atoms with van der Waals surface area (Å²) in [5.41, 5.74) is 4.10. The summed E-state index contributed by atoms with van der Waals surface area (Å²) in [6.07, 6.45) is -0.666. The molecule has 1 aliphatic rings. The van der Waals surface area contributed by atoms with Crippen molar-refractivity contribution < 1.29 is 19.1 Å². The molecule has 0 bridgehead atoms. The molecule has 1 heterocycles. The summed E-state index contributed by atoms with van der Waals surface area (Å²) in [6, 6.07) is 13.7. The highest BCUT2D eigenvalue weighted by molar-refractivity contribution is 6.31. The Hall–Kier alpha value is -2.86. The lowest BCUT2D eigenvalue weighted by Gasteiger charge is -2.25. The van der Waals surface area contributed by atoms with Crippen molar-refractivity contribution in [2.24, 2.45) is 5.10 Å². The number of hydrogen-bond acceptors (Lipinski definition) is 5. The molecule has 0 spiro atoms. The van der Waals surface area contributed by atoms with Gasteiger partial charge in [0.05, 0.1) is 12.8 Å². The summed E-state index contributed by atoms with van der Waals surface area (Å²) < 4.78 is 10.4. The van der Waals surface area contributed by atoms with E-state index in [0.717, 1.165) is 0 Å². The molecule has 25 heavy (non-hydrogen) atoms. The van der Waals surface area contributed by atoms with Crippen LogP contribution in [0, 0.1) is 0 Å². The number of hydrogen-bond donors (Lipinski definition) is 1. The lowest BCUT2D eigenvalue weighted by molar-refractivity contribution is -0.148. The van der Waals surface area contributed by atoms with E-state index in [-0.39, 0.29) is 12.3 Å². The zero-order valence-electron chi connectivity index (χ0n) is 13.4. The van der Waals surface area contributed by atoms with Crippen molar-refractivity contribution in [1.82, 2.24) is 5.43 Å². The van der Waals surface area contributed by atoms with Crippen LogP contribution in [-0.2, 0) is 9.53 Å². The van der Waals surface area contributed by atoms with Crippen LogP contribution in [0.25, 0.3) is 0 Å². The molecule has 3 rings (SSSR count). The quantitative estimate of drug-likeness (QED) is 0.676. The lowest BCUT2D eigenvalue weighted by atomic mass is 10.00. The van der Waals surface area contributed by atoms with E-state index in [1.54, 1.807) is 42.5 Å². The van der Waals surface area contributed by atoms with Crippen molar-refractivity contribution in [3.63, 3.8) is 0 Å². The van der Waals surface area contributed by atoms with Gasteiger partial charge in [0.25, 0.3) is 5.91 Å². The molecular formula is C18H15ClN2O4. The number of ether oxygens (including phenoxy) is 2. The highest BCUT2D eigenvalue weighted by atomic mass is 35.5. The van der Waals surface area contributed by atoms with Crippen molar-refractivity contribution in [2.75, 3.05) is 7.11 Å². The third-order valence-electron chi connectivity index (χ3n) is 3.69. The maximum absolute atomic E-state index is 12.2. The van der Waals surface area contributed by atoms with E-state index in [1.165, 1.54) is 7.11 Å². The van der Waals surface area contributed by atoms with Crippen LogP contribution in [-0.4, -0.2) is 30.8 Å². The van der Waals surface area contributed by atoms with E-state index < -0.39 is 12.1 Å². The summed E-state index contributed by atoms with van der Waals surface area (Å²) in [6.45, 7) is 0. The van der Waals surface area contributed by atoms with Gasteiger partial charge in [-0.3, -0.25) is 4.79 Å². The number of nitrogens with zero attached hydrogens (tertiary/aromatic N) is 1. The van der Waals surface area contributed by atoms with Crippen molar-refractivity contribution in [2.45, 2.75) is 12.5 Å². The Bertz CT molecular complexity index is 836. The van der Waals surface area contributed by atoms with Crippen LogP contribution < -0.4 is 10.2 Å². The number of hydrazone groups is 1. The molecule has 1 aliphatic heterocycles. The Morgan fingerprint density at radius 1 is 1.24 bits per heavy atom. The van der Waals surface area contributed by atoms with Crippen LogP contribution >= 0.6 is 11.6 Å². The molecule has 2 aromatic rings. The molecule has 1 N–H and O–H groups in total. The smallest absolute Gasteiger partial charge is 0.347 e. The SMILES string of the molecule is COC(=O)C1C/C(=N/NC(=O)c2ccccc2)c2cc(Cl)ccc2O1. The first-order valence-corrected chi connectivity index (χ1v) is 7.92. The highest BCUT2D eigenvalue weighted by Crippen LogP contribution is 2.30. The molecule has 128 valence electrons. The van der Waals surface area contributed by atoms with Gasteiger partial charge >= 0.3 is 5.97 Å². The zero-order valence-corrected chi connectivity index (χ0v) is 14.1. The van der Waals surface area contributed by atoms with Crippen LogP contribution in [0.3, 0.4) is 0 Å². The number of amides is 1. The zero-order chi connectivity index (χ0) is 17.8. The summed E-state index contributed by atoms with van der Waals surface area (Å²) >= 11 is 6.04. The number of esters is 1. The molecule has 6 nitrogen and oxygen atoms in total. The van der Waals surface area contributed by atoms with E-state index in [4.69, 9.17) is 21.1 Å². The van der Waals surface area contributed by atoms with E-state index in [1.807, 2.05) is 6.07 Å². The second kappa shape index (κ2) is 7.36. The molecule has 0 fully saturated rings. The normalized spacial score (nSPS) is 17.4. The van der Waals surface area contributed by atoms with Crippen molar-refractivity contribution in [3.05, 3.63) is 64.7 Å². The lowest BCUT2D eigenvalue weighted by Crippen LogP contribution is -2.36. The molecule has 2 aromatic carbocycles. The fourth-order valence-electron chi connectivity index (χ4n) is 2.45. The minimum Gasteiger partial charge on any atom is -0.478 e. The van der Waals surface area contributed by atoms with Crippen LogP contribution in [0.2, 0.25) is 5.02 Å². The van der Waals surface area contributed by atoms with Crippen LogP contribution in [0.5, 0.6) is 5.75 Å². The second-order valence-electron chi connectivity index (χ2n) is 5.34. The maximum atomic E-state index is 12.2. The van der Waals surface area contributed by atoms with Gasteiger partial charge in [0.1, 0.15) is 5.75 Å². The third kappa shape index (κ3) is 3.80. The molecule has 0 aliphatic carbocycles. The fraction of sp³-hybridized carbons (Fsp3) is 0.167. The number of halogens is 1. The number of rotatable bonds is 3. The molecule has 0 saturated heterocycles. The van der Waals surface area contributed by atoms with Crippen LogP contribution in [0.4, 0.5) is 0 Å². The van der Waals surface area contributed by atoms with Gasteiger partial charge in [-0.25, -0.2) is 10.2 Å². The number of methoxy groups -OCH3 is 1. The number of fused-ring (bicyclic) bond motifs is 1. The second-order valence-corrected chi connectivity index (χ2v) is 5.78. The van der Waals surface area contributed by atoms with Crippen molar-refractivity contribution >= 4 is 29.2 Å². The van der Waals surface area contributed by atoms with E-state index in [0.29, 0.717) is 27.6 Å². The first kappa shape index (κ1) is 17.0. The van der Waals surface area contributed by atoms with Gasteiger partial charge in [-0.05, 0) is 30.3 Å². The van der Waals surface area contributed by atoms with Gasteiger partial charge in [0, 0.05) is 22.6 Å². The molecule has 1 atom stereocenters. The number of benzene rings is 2. The van der Waals surface area contributed by atoms with Crippen molar-refractivity contribution in [1.29, 1.82) is 0 Å².